The molecule has 162 valence electrons. The number of nitrogens with zero attached hydrogens (tertiary/aromatic N) is 2. The maximum absolute atomic E-state index is 11.8. The normalized spacial score (nSPS) is 16.3. The van der Waals surface area contributed by atoms with Crippen molar-refractivity contribution in [2.75, 3.05) is 0 Å². The number of carboxylic acid groups (broad SMARTS) is 2. The van der Waals surface area contributed by atoms with Crippen molar-refractivity contribution >= 4 is 17.8 Å². The lowest BCUT2D eigenvalue weighted by atomic mass is 9.97. The average Bonchev–Trinajstić information content (AvgIpc) is 2.74. The smallest absolute Gasteiger partial charge is 0.336 e. The number of carboxylic acids is 2. The molecule has 1 atom stereocenters. The fourth-order valence-electron chi connectivity index (χ4n) is 4.00. The third kappa shape index (κ3) is 4.85. The van der Waals surface area contributed by atoms with Gasteiger partial charge in [-0.15, -0.1) is 0 Å². The Balaban J connectivity index is 1.88. The number of amidine groups is 1. The highest BCUT2D eigenvalue weighted by Crippen LogP contribution is 2.28. The Morgan fingerprint density at radius 2 is 1.71 bits per heavy atom. The van der Waals surface area contributed by atoms with Crippen molar-refractivity contribution in [2.24, 2.45) is 4.99 Å². The fraction of sp³-hybridized carbons (Fsp3) is 0.320. The number of aliphatic imine (C=N–C) groups is 1. The summed E-state index contributed by atoms with van der Waals surface area (Å²) in [5, 5.41) is 19.1. The molecule has 0 spiro atoms. The summed E-state index contributed by atoms with van der Waals surface area (Å²) in [4.78, 5) is 30.0. The van der Waals surface area contributed by atoms with Gasteiger partial charge in [0.2, 0.25) is 0 Å². The van der Waals surface area contributed by atoms with E-state index < -0.39 is 11.9 Å². The quantitative estimate of drug-likeness (QED) is 0.612. The first-order valence-corrected chi connectivity index (χ1v) is 10.5. The van der Waals surface area contributed by atoms with E-state index >= 15 is 0 Å². The van der Waals surface area contributed by atoms with Gasteiger partial charge in [0.05, 0.1) is 22.9 Å². The van der Waals surface area contributed by atoms with Gasteiger partial charge < -0.3 is 15.1 Å². The zero-order chi connectivity index (χ0) is 22.5. The molecule has 0 radical (unpaired) electrons. The number of allylic oxidation sites excluding steroid dienone is 1. The molecule has 1 aliphatic heterocycles. The summed E-state index contributed by atoms with van der Waals surface area (Å²) in [5.41, 5.74) is 3.67. The summed E-state index contributed by atoms with van der Waals surface area (Å²) in [5.74, 6) is -0.979. The average molecular weight is 421 g/mol. The molecule has 0 aromatic heterocycles. The van der Waals surface area contributed by atoms with E-state index in [1.807, 2.05) is 37.3 Å². The molecule has 2 N–H and O–H groups in total. The molecule has 1 aliphatic rings. The van der Waals surface area contributed by atoms with Gasteiger partial charge in [-0.1, -0.05) is 55.8 Å². The molecule has 3 rings (SSSR count). The van der Waals surface area contributed by atoms with Crippen molar-refractivity contribution in [1.29, 1.82) is 0 Å². The zero-order valence-corrected chi connectivity index (χ0v) is 18.1. The lowest BCUT2D eigenvalue weighted by Crippen LogP contribution is -2.43. The van der Waals surface area contributed by atoms with E-state index in [1.54, 1.807) is 25.1 Å². The molecule has 0 aliphatic carbocycles. The van der Waals surface area contributed by atoms with Gasteiger partial charge in [-0.2, -0.15) is 0 Å². The van der Waals surface area contributed by atoms with Gasteiger partial charge >= 0.3 is 11.9 Å². The van der Waals surface area contributed by atoms with E-state index in [4.69, 9.17) is 0 Å². The highest BCUT2D eigenvalue weighted by molar-refractivity contribution is 5.96. The van der Waals surface area contributed by atoms with Crippen molar-refractivity contribution in [3.63, 3.8) is 0 Å². The van der Waals surface area contributed by atoms with Gasteiger partial charge in [0, 0.05) is 13.0 Å². The number of hydrogen-bond donors (Lipinski definition) is 2. The summed E-state index contributed by atoms with van der Waals surface area (Å²) < 4.78 is 0. The number of benzene rings is 2. The van der Waals surface area contributed by atoms with Crippen molar-refractivity contribution in [2.45, 2.75) is 52.6 Å². The number of unbranched alkanes of at least 4 members (excludes halogenated alkanes) is 1. The standard InChI is InChI=1S/C25H28N2O4/c1-4-5-10-22-26-16(2)23(25(30)31)17(3)27(22)15-18-11-13-19(14-12-18)20-8-6-7-9-21(20)24(28)29/h6-9,11-14,17H,4-5,10,15H2,1-3H3,(H,28,29)(H,30,31). The molecule has 6 heteroatoms. The minimum absolute atomic E-state index is 0.264. The summed E-state index contributed by atoms with van der Waals surface area (Å²) in [6, 6.07) is 14.4. The number of rotatable bonds is 8. The van der Waals surface area contributed by atoms with Crippen molar-refractivity contribution in [1.82, 2.24) is 4.90 Å². The second-order valence-corrected chi connectivity index (χ2v) is 7.79. The minimum Gasteiger partial charge on any atom is -0.478 e. The molecule has 0 saturated carbocycles. The number of carbonyl (C=O) groups is 2. The maximum atomic E-state index is 11.8. The third-order valence-corrected chi connectivity index (χ3v) is 5.66. The van der Waals surface area contributed by atoms with Crippen LogP contribution in [0.3, 0.4) is 0 Å². The molecule has 6 nitrogen and oxygen atoms in total. The Hall–Kier alpha value is -3.41. The summed E-state index contributed by atoms with van der Waals surface area (Å²) in [6.45, 7) is 6.33. The monoisotopic (exact) mass is 420 g/mol. The highest BCUT2D eigenvalue weighted by Gasteiger charge is 2.31. The molecule has 0 fully saturated rings. The second kappa shape index (κ2) is 9.60. The van der Waals surface area contributed by atoms with Gasteiger partial charge in [-0.25, -0.2) is 14.6 Å². The van der Waals surface area contributed by atoms with Crippen LogP contribution in [0.1, 0.15) is 56.0 Å². The minimum atomic E-state index is -0.957. The van der Waals surface area contributed by atoms with Gasteiger partial charge in [0.25, 0.3) is 0 Å². The van der Waals surface area contributed by atoms with Crippen LogP contribution < -0.4 is 0 Å². The van der Waals surface area contributed by atoms with E-state index in [-0.39, 0.29) is 11.6 Å². The predicted molar refractivity (Wildman–Crippen MR) is 121 cm³/mol. The Bertz CT molecular complexity index is 1040. The molecular formula is C25H28N2O4. The van der Waals surface area contributed by atoms with Gasteiger partial charge in [0.1, 0.15) is 5.84 Å². The fourth-order valence-corrected chi connectivity index (χ4v) is 4.00. The Morgan fingerprint density at radius 3 is 2.32 bits per heavy atom. The zero-order valence-electron chi connectivity index (χ0n) is 18.1. The topological polar surface area (TPSA) is 90.2 Å². The van der Waals surface area contributed by atoms with E-state index in [2.05, 4.69) is 16.8 Å². The molecule has 2 aromatic carbocycles. The first kappa shape index (κ1) is 22.3. The van der Waals surface area contributed by atoms with Crippen molar-refractivity contribution in [3.8, 4) is 11.1 Å². The molecule has 1 unspecified atom stereocenters. The van der Waals surface area contributed by atoms with E-state index in [1.165, 1.54) is 0 Å². The number of hydrogen-bond acceptors (Lipinski definition) is 4. The van der Waals surface area contributed by atoms with Crippen LogP contribution in [0.5, 0.6) is 0 Å². The van der Waals surface area contributed by atoms with Crippen LogP contribution in [0.2, 0.25) is 0 Å². The summed E-state index contributed by atoms with van der Waals surface area (Å²) in [7, 11) is 0. The first-order valence-electron chi connectivity index (χ1n) is 10.5. The Kier molecular flexibility index (Phi) is 6.90. The number of aliphatic carboxylic acids is 1. The van der Waals surface area contributed by atoms with E-state index in [0.717, 1.165) is 36.2 Å². The van der Waals surface area contributed by atoms with Crippen molar-refractivity contribution < 1.29 is 19.8 Å². The van der Waals surface area contributed by atoms with E-state index in [9.17, 15) is 19.8 Å². The van der Waals surface area contributed by atoms with Crippen LogP contribution in [0.15, 0.2) is 64.8 Å². The van der Waals surface area contributed by atoms with Crippen LogP contribution in [-0.2, 0) is 11.3 Å². The lowest BCUT2D eigenvalue weighted by molar-refractivity contribution is -0.133. The summed E-state index contributed by atoms with van der Waals surface area (Å²) >= 11 is 0. The Morgan fingerprint density at radius 1 is 1.03 bits per heavy atom. The third-order valence-electron chi connectivity index (χ3n) is 5.66. The maximum Gasteiger partial charge on any atom is 0.336 e. The molecule has 31 heavy (non-hydrogen) atoms. The van der Waals surface area contributed by atoms with Gasteiger partial charge in [0.15, 0.2) is 0 Å². The predicted octanol–water partition coefficient (Wildman–Crippen LogP) is 5.20. The largest absolute Gasteiger partial charge is 0.478 e. The van der Waals surface area contributed by atoms with Crippen LogP contribution in [-0.4, -0.2) is 38.9 Å². The molecule has 0 bridgehead atoms. The molecular weight excluding hydrogens is 392 g/mol. The molecule has 0 amide bonds. The second-order valence-electron chi connectivity index (χ2n) is 7.79. The lowest BCUT2D eigenvalue weighted by Gasteiger charge is -2.36. The van der Waals surface area contributed by atoms with Gasteiger partial charge in [-0.05, 0) is 43.0 Å². The Labute approximate surface area is 182 Å². The summed E-state index contributed by atoms with van der Waals surface area (Å²) in [6.07, 6.45) is 2.82. The van der Waals surface area contributed by atoms with Crippen LogP contribution >= 0.6 is 0 Å². The van der Waals surface area contributed by atoms with Crippen molar-refractivity contribution in [3.05, 3.63) is 70.9 Å². The van der Waals surface area contributed by atoms with E-state index in [0.29, 0.717) is 23.4 Å². The SMILES string of the molecule is CCCCC1=NC(C)=C(C(=O)O)C(C)N1Cc1ccc(-c2ccccc2C(=O)O)cc1. The van der Waals surface area contributed by atoms with Crippen LogP contribution in [0.4, 0.5) is 0 Å². The molecule has 2 aromatic rings. The van der Waals surface area contributed by atoms with Crippen LogP contribution in [0, 0.1) is 0 Å². The first-order chi connectivity index (χ1) is 14.8. The molecule has 1 heterocycles. The van der Waals surface area contributed by atoms with Crippen LogP contribution in [0.25, 0.3) is 11.1 Å². The highest BCUT2D eigenvalue weighted by atomic mass is 16.4. The van der Waals surface area contributed by atoms with Gasteiger partial charge in [-0.3, -0.25) is 0 Å². The number of aromatic carboxylic acids is 1. The molecule has 0 saturated heterocycles.